The molecule has 0 bridgehead atoms. The minimum Gasteiger partial charge on any atom is -0.482 e. The van der Waals surface area contributed by atoms with Crippen molar-refractivity contribution in [1.82, 2.24) is 4.98 Å². The summed E-state index contributed by atoms with van der Waals surface area (Å²) in [5.74, 6) is 0.0458. The van der Waals surface area contributed by atoms with Crippen molar-refractivity contribution in [3.63, 3.8) is 0 Å². The van der Waals surface area contributed by atoms with Crippen LogP contribution in [0.4, 0.5) is 18.9 Å². The number of nitrogen functional groups attached to an aromatic ring is 1. The third kappa shape index (κ3) is 3.30. The first kappa shape index (κ1) is 14.4. The molecule has 0 amide bonds. The van der Waals surface area contributed by atoms with E-state index in [-0.39, 0.29) is 12.4 Å². The summed E-state index contributed by atoms with van der Waals surface area (Å²) in [4.78, 5) is 4.23. The molecule has 0 fully saturated rings. The van der Waals surface area contributed by atoms with Gasteiger partial charge in [0.15, 0.2) is 6.61 Å². The van der Waals surface area contributed by atoms with Gasteiger partial charge in [0.05, 0.1) is 12.3 Å². The molecule has 0 radical (unpaired) electrons. The molecular weight excluding hydrogens is 273 g/mol. The van der Waals surface area contributed by atoms with Gasteiger partial charge in [0.2, 0.25) is 0 Å². The predicted octanol–water partition coefficient (Wildman–Crippen LogP) is 2.90. The fraction of sp³-hybridized carbons (Fsp3) is 0.308. The fourth-order valence-corrected chi connectivity index (χ4v) is 1.80. The van der Waals surface area contributed by atoms with Gasteiger partial charge in [-0.3, -0.25) is 0 Å². The van der Waals surface area contributed by atoms with Crippen molar-refractivity contribution in [3.05, 3.63) is 30.0 Å². The quantitative estimate of drug-likeness (QED) is 0.939. The lowest BCUT2D eigenvalue weighted by atomic mass is 10.1. The summed E-state index contributed by atoms with van der Waals surface area (Å²) in [5, 5.41) is 0.546. The van der Waals surface area contributed by atoms with Crippen LogP contribution in [0.1, 0.15) is 5.69 Å². The summed E-state index contributed by atoms with van der Waals surface area (Å²) in [7, 11) is 1.49. The predicted molar refractivity (Wildman–Crippen MR) is 68.4 cm³/mol. The number of pyridine rings is 1. The lowest BCUT2D eigenvalue weighted by Gasteiger charge is -2.12. The summed E-state index contributed by atoms with van der Waals surface area (Å²) < 4.78 is 46.4. The number of anilines is 1. The maximum absolute atomic E-state index is 12.2. The SMILES string of the molecule is COCc1cc(N)c2cccc(OCC(F)(F)F)c2n1. The number of hydrogen-bond donors (Lipinski definition) is 1. The average Bonchev–Trinajstić information content (AvgIpc) is 2.36. The lowest BCUT2D eigenvalue weighted by molar-refractivity contribution is -0.153. The molecule has 2 N–H and O–H groups in total. The summed E-state index contributed by atoms with van der Waals surface area (Å²) >= 11 is 0. The number of methoxy groups -OCH3 is 1. The molecule has 20 heavy (non-hydrogen) atoms. The van der Waals surface area contributed by atoms with Gasteiger partial charge in [-0.15, -0.1) is 0 Å². The number of rotatable bonds is 4. The largest absolute Gasteiger partial charge is 0.482 e. The molecule has 2 aromatic rings. The van der Waals surface area contributed by atoms with Crippen molar-refractivity contribution in [1.29, 1.82) is 0 Å². The highest BCUT2D eigenvalue weighted by Crippen LogP contribution is 2.29. The molecule has 0 aliphatic heterocycles. The number of nitrogens with two attached hydrogens (primary N) is 1. The highest BCUT2D eigenvalue weighted by Gasteiger charge is 2.28. The Morgan fingerprint density at radius 3 is 2.70 bits per heavy atom. The van der Waals surface area contributed by atoms with Crippen molar-refractivity contribution in [2.45, 2.75) is 12.8 Å². The third-order valence-corrected chi connectivity index (χ3v) is 2.57. The normalized spacial score (nSPS) is 11.8. The van der Waals surface area contributed by atoms with Gasteiger partial charge in [-0.2, -0.15) is 13.2 Å². The molecule has 0 saturated carbocycles. The van der Waals surface area contributed by atoms with E-state index in [0.29, 0.717) is 22.3 Å². The maximum atomic E-state index is 12.2. The zero-order chi connectivity index (χ0) is 14.8. The Bertz CT molecular complexity index is 614. The van der Waals surface area contributed by atoms with E-state index in [1.165, 1.54) is 13.2 Å². The van der Waals surface area contributed by atoms with Gasteiger partial charge in [0.25, 0.3) is 0 Å². The molecule has 108 valence electrons. The van der Waals surface area contributed by atoms with Crippen molar-refractivity contribution < 1.29 is 22.6 Å². The number of nitrogens with zero attached hydrogens (tertiary/aromatic N) is 1. The van der Waals surface area contributed by atoms with Crippen molar-refractivity contribution >= 4 is 16.6 Å². The second-order valence-corrected chi connectivity index (χ2v) is 4.19. The van der Waals surface area contributed by atoms with Crippen LogP contribution >= 0.6 is 0 Å². The Labute approximate surface area is 113 Å². The second kappa shape index (κ2) is 5.54. The van der Waals surface area contributed by atoms with Crippen molar-refractivity contribution in [2.75, 3.05) is 19.5 Å². The van der Waals surface area contributed by atoms with Gasteiger partial charge in [-0.05, 0) is 12.1 Å². The zero-order valence-corrected chi connectivity index (χ0v) is 10.7. The van der Waals surface area contributed by atoms with E-state index >= 15 is 0 Å². The Morgan fingerprint density at radius 1 is 1.30 bits per heavy atom. The van der Waals surface area contributed by atoms with E-state index in [9.17, 15) is 13.2 Å². The molecule has 1 aromatic carbocycles. The van der Waals surface area contributed by atoms with Crippen LogP contribution in [0.3, 0.4) is 0 Å². The van der Waals surface area contributed by atoms with Gasteiger partial charge in [0.1, 0.15) is 11.3 Å². The molecule has 0 unspecified atom stereocenters. The van der Waals surface area contributed by atoms with Crippen LogP contribution in [0.25, 0.3) is 10.9 Å². The van der Waals surface area contributed by atoms with Crippen LogP contribution in [0.2, 0.25) is 0 Å². The Morgan fingerprint density at radius 2 is 2.05 bits per heavy atom. The molecule has 7 heteroatoms. The van der Waals surface area contributed by atoms with Crippen molar-refractivity contribution in [3.8, 4) is 5.75 Å². The first-order valence-corrected chi connectivity index (χ1v) is 5.77. The van der Waals surface area contributed by atoms with E-state index in [4.69, 9.17) is 15.2 Å². The fourth-order valence-electron chi connectivity index (χ4n) is 1.80. The van der Waals surface area contributed by atoms with Gasteiger partial charge < -0.3 is 15.2 Å². The van der Waals surface area contributed by atoms with Crippen molar-refractivity contribution in [2.24, 2.45) is 0 Å². The smallest absolute Gasteiger partial charge is 0.422 e. The number of aromatic nitrogens is 1. The average molecular weight is 286 g/mol. The highest BCUT2D eigenvalue weighted by atomic mass is 19.4. The van der Waals surface area contributed by atoms with Crippen LogP contribution in [-0.2, 0) is 11.3 Å². The third-order valence-electron chi connectivity index (χ3n) is 2.57. The van der Waals surface area contributed by atoms with Gasteiger partial charge >= 0.3 is 6.18 Å². The molecule has 1 heterocycles. The summed E-state index contributed by atoms with van der Waals surface area (Å²) in [6.07, 6.45) is -4.40. The van der Waals surface area contributed by atoms with Gasteiger partial charge in [-0.25, -0.2) is 4.98 Å². The molecule has 0 aliphatic rings. The number of fused-ring (bicyclic) bond motifs is 1. The molecular formula is C13H13F3N2O2. The monoisotopic (exact) mass is 286 g/mol. The lowest BCUT2D eigenvalue weighted by Crippen LogP contribution is -2.19. The molecule has 2 rings (SSSR count). The van der Waals surface area contributed by atoms with E-state index in [1.54, 1.807) is 18.2 Å². The first-order chi connectivity index (χ1) is 9.40. The first-order valence-electron chi connectivity index (χ1n) is 5.77. The van der Waals surface area contributed by atoms with E-state index in [1.807, 2.05) is 0 Å². The molecule has 0 saturated heterocycles. The molecule has 4 nitrogen and oxygen atoms in total. The van der Waals surface area contributed by atoms with Crippen LogP contribution in [0, 0.1) is 0 Å². The number of hydrogen-bond acceptors (Lipinski definition) is 4. The standard InChI is InChI=1S/C13H13F3N2O2/c1-19-6-8-5-10(17)9-3-2-4-11(12(9)18-8)20-7-13(14,15)16/h2-5H,6-7H2,1H3,(H2,17,18). The number of halogens is 3. The van der Waals surface area contributed by atoms with Crippen LogP contribution in [0.15, 0.2) is 24.3 Å². The Hall–Kier alpha value is -2.02. The number of para-hydroxylation sites is 1. The van der Waals surface area contributed by atoms with E-state index in [2.05, 4.69) is 4.98 Å². The zero-order valence-electron chi connectivity index (χ0n) is 10.7. The number of alkyl halides is 3. The molecule has 1 aromatic heterocycles. The molecule has 0 aliphatic carbocycles. The van der Waals surface area contributed by atoms with Gasteiger partial charge in [-0.1, -0.05) is 12.1 Å². The number of benzene rings is 1. The summed E-state index contributed by atoms with van der Waals surface area (Å²) in [6, 6.07) is 6.30. The van der Waals surface area contributed by atoms with E-state index in [0.717, 1.165) is 0 Å². The maximum Gasteiger partial charge on any atom is 0.422 e. The van der Waals surface area contributed by atoms with E-state index < -0.39 is 12.8 Å². The van der Waals surface area contributed by atoms with Crippen LogP contribution in [-0.4, -0.2) is 24.9 Å². The minimum absolute atomic E-state index is 0.0458. The highest BCUT2D eigenvalue weighted by molar-refractivity contribution is 5.94. The Kier molecular flexibility index (Phi) is 3.99. The topological polar surface area (TPSA) is 57.4 Å². The van der Waals surface area contributed by atoms with Crippen LogP contribution in [0.5, 0.6) is 5.75 Å². The summed E-state index contributed by atoms with van der Waals surface area (Å²) in [5.41, 5.74) is 7.10. The summed E-state index contributed by atoms with van der Waals surface area (Å²) in [6.45, 7) is -1.16. The molecule has 0 spiro atoms. The molecule has 0 atom stereocenters. The van der Waals surface area contributed by atoms with Crippen LogP contribution < -0.4 is 10.5 Å². The number of ether oxygens (including phenoxy) is 2. The minimum atomic E-state index is -4.40. The second-order valence-electron chi connectivity index (χ2n) is 4.19. The van der Waals surface area contributed by atoms with Gasteiger partial charge in [0, 0.05) is 18.2 Å². The Balaban J connectivity index is 2.43.